The number of carbonyl (C=O) groups excluding carboxylic acids is 2. The molecule has 0 aromatic carbocycles. The summed E-state index contributed by atoms with van der Waals surface area (Å²) in [5, 5.41) is 25.2. The highest BCUT2D eigenvalue weighted by molar-refractivity contribution is 6.00. The number of pyridine rings is 1. The van der Waals surface area contributed by atoms with Crippen LogP contribution < -0.4 is 15.6 Å². The first-order chi connectivity index (χ1) is 13.1. The van der Waals surface area contributed by atoms with Crippen LogP contribution in [-0.2, 0) is 14.3 Å². The lowest BCUT2D eigenvalue weighted by Crippen LogP contribution is -2.63. The van der Waals surface area contributed by atoms with E-state index >= 15 is 0 Å². The van der Waals surface area contributed by atoms with Crippen molar-refractivity contribution < 1.29 is 33.3 Å². The third-order valence-electron chi connectivity index (χ3n) is 4.26. The molecule has 10 nitrogen and oxygen atoms in total. The minimum absolute atomic E-state index is 0.0337. The van der Waals surface area contributed by atoms with Gasteiger partial charge in [-0.3, -0.25) is 19.1 Å². The van der Waals surface area contributed by atoms with Crippen LogP contribution in [0.5, 0.6) is 0 Å². The summed E-state index contributed by atoms with van der Waals surface area (Å²) in [6.45, 7) is -2.17. The van der Waals surface area contributed by atoms with Crippen molar-refractivity contribution >= 4 is 17.7 Å². The summed E-state index contributed by atoms with van der Waals surface area (Å²) in [6, 6.07) is 3.63. The van der Waals surface area contributed by atoms with Gasteiger partial charge in [0.15, 0.2) is 11.9 Å². The molecule has 1 N–H and O–H groups in total. The molecule has 0 bridgehead atoms. The Bertz CT molecular complexity index is 970. The van der Waals surface area contributed by atoms with E-state index in [2.05, 4.69) is 5.10 Å². The fourth-order valence-corrected chi connectivity index (χ4v) is 2.70. The smallest absolute Gasteiger partial charge is 0.321 e. The van der Waals surface area contributed by atoms with Gasteiger partial charge in [0.05, 0.1) is 24.8 Å². The SMILES string of the molecule is CC(O)(C(=O)[O-])[C@H]1OCCN(c2ccn(-c3ccc(=O)n(C(F)F)c3)n2)C1=O. The van der Waals surface area contributed by atoms with Crippen molar-refractivity contribution in [3.63, 3.8) is 0 Å². The van der Waals surface area contributed by atoms with Gasteiger partial charge in [-0.15, -0.1) is 5.10 Å². The number of alkyl halides is 2. The van der Waals surface area contributed by atoms with Gasteiger partial charge in [0.2, 0.25) is 0 Å². The van der Waals surface area contributed by atoms with Crippen LogP contribution in [-0.4, -0.2) is 56.2 Å². The van der Waals surface area contributed by atoms with Gasteiger partial charge >= 0.3 is 6.55 Å². The molecule has 1 saturated heterocycles. The number of rotatable bonds is 5. The van der Waals surface area contributed by atoms with Crippen molar-refractivity contribution in [1.29, 1.82) is 0 Å². The summed E-state index contributed by atoms with van der Waals surface area (Å²) in [6.07, 6.45) is 0.589. The fraction of sp³-hybridized carbons (Fsp3) is 0.375. The van der Waals surface area contributed by atoms with Crippen LogP contribution in [0.15, 0.2) is 35.4 Å². The average Bonchev–Trinajstić information content (AvgIpc) is 3.11. The molecule has 12 heteroatoms. The van der Waals surface area contributed by atoms with Crippen LogP contribution >= 0.6 is 0 Å². The number of carboxylic acid groups (broad SMARTS) is 1. The summed E-state index contributed by atoms with van der Waals surface area (Å²) >= 11 is 0. The fourth-order valence-electron chi connectivity index (χ4n) is 2.70. The molecule has 3 heterocycles. The molecule has 150 valence electrons. The number of aliphatic hydroxyl groups is 1. The van der Waals surface area contributed by atoms with Crippen molar-refractivity contribution in [2.75, 3.05) is 18.1 Å². The number of amides is 1. The van der Waals surface area contributed by atoms with E-state index in [9.17, 15) is 33.4 Å². The molecule has 2 aromatic heterocycles. The number of carbonyl (C=O) groups is 2. The van der Waals surface area contributed by atoms with E-state index in [0.29, 0.717) is 0 Å². The summed E-state index contributed by atoms with van der Waals surface area (Å²) in [5.41, 5.74) is -3.29. The average molecular weight is 397 g/mol. The molecule has 0 radical (unpaired) electrons. The molecule has 0 aliphatic carbocycles. The summed E-state index contributed by atoms with van der Waals surface area (Å²) in [4.78, 5) is 36.2. The molecule has 1 aliphatic rings. The quantitative estimate of drug-likeness (QED) is 0.661. The zero-order valence-electron chi connectivity index (χ0n) is 14.5. The minimum Gasteiger partial charge on any atom is -0.547 e. The number of carboxylic acids is 1. The van der Waals surface area contributed by atoms with Gasteiger partial charge in [0, 0.05) is 24.5 Å². The van der Waals surface area contributed by atoms with Crippen molar-refractivity contribution in [3.8, 4) is 5.69 Å². The lowest BCUT2D eigenvalue weighted by molar-refractivity contribution is -0.329. The van der Waals surface area contributed by atoms with Crippen molar-refractivity contribution in [2.45, 2.75) is 25.2 Å². The maximum atomic E-state index is 12.9. The van der Waals surface area contributed by atoms with E-state index in [1.165, 1.54) is 23.0 Å². The predicted octanol–water partition coefficient (Wildman–Crippen LogP) is -1.34. The number of ether oxygens (including phenoxy) is 1. The second-order valence-electron chi connectivity index (χ2n) is 6.20. The summed E-state index contributed by atoms with van der Waals surface area (Å²) < 4.78 is 32.3. The van der Waals surface area contributed by atoms with E-state index < -0.39 is 35.7 Å². The van der Waals surface area contributed by atoms with Gasteiger partial charge in [0.1, 0.15) is 5.60 Å². The second-order valence-corrected chi connectivity index (χ2v) is 6.20. The van der Waals surface area contributed by atoms with E-state index in [1.807, 2.05) is 0 Å². The Hall–Kier alpha value is -3.12. The van der Waals surface area contributed by atoms with Crippen LogP contribution in [0.3, 0.4) is 0 Å². The number of halogens is 2. The Morgan fingerprint density at radius 2 is 2.11 bits per heavy atom. The first-order valence-corrected chi connectivity index (χ1v) is 8.06. The van der Waals surface area contributed by atoms with Gasteiger partial charge in [-0.1, -0.05) is 0 Å². The number of anilines is 1. The Kier molecular flexibility index (Phi) is 5.00. The number of hydrogen-bond donors (Lipinski definition) is 1. The van der Waals surface area contributed by atoms with Gasteiger partial charge in [0.25, 0.3) is 11.5 Å². The van der Waals surface area contributed by atoms with Gasteiger partial charge in [-0.05, 0) is 13.0 Å². The summed E-state index contributed by atoms with van der Waals surface area (Å²) in [7, 11) is 0. The molecule has 0 saturated carbocycles. The lowest BCUT2D eigenvalue weighted by Gasteiger charge is -2.38. The zero-order chi connectivity index (χ0) is 20.6. The monoisotopic (exact) mass is 397 g/mol. The van der Waals surface area contributed by atoms with Crippen LogP contribution in [0, 0.1) is 0 Å². The maximum Gasteiger partial charge on any atom is 0.321 e. The Labute approximate surface area is 156 Å². The molecule has 3 rings (SSSR count). The summed E-state index contributed by atoms with van der Waals surface area (Å²) in [5.74, 6) is -2.63. The van der Waals surface area contributed by atoms with Crippen molar-refractivity contribution in [3.05, 3.63) is 40.9 Å². The largest absolute Gasteiger partial charge is 0.547 e. The number of morpholine rings is 1. The van der Waals surface area contributed by atoms with Crippen LogP contribution in [0.2, 0.25) is 0 Å². The van der Waals surface area contributed by atoms with Gasteiger partial charge < -0.3 is 19.7 Å². The Morgan fingerprint density at radius 3 is 2.75 bits per heavy atom. The van der Waals surface area contributed by atoms with Gasteiger partial charge in [-0.25, -0.2) is 4.68 Å². The molecule has 0 spiro atoms. The van der Waals surface area contributed by atoms with Gasteiger partial charge in [-0.2, -0.15) is 8.78 Å². The third kappa shape index (κ3) is 3.39. The normalized spacial score (nSPS) is 19.7. The van der Waals surface area contributed by atoms with Crippen molar-refractivity contribution in [2.24, 2.45) is 0 Å². The highest BCUT2D eigenvalue weighted by atomic mass is 19.3. The molecule has 1 amide bonds. The zero-order valence-corrected chi connectivity index (χ0v) is 14.5. The third-order valence-corrected chi connectivity index (χ3v) is 4.26. The number of nitrogens with zero attached hydrogens (tertiary/aromatic N) is 4. The second kappa shape index (κ2) is 7.13. The number of hydrogen-bond acceptors (Lipinski definition) is 7. The number of aromatic nitrogens is 3. The molecule has 2 atom stereocenters. The topological polar surface area (TPSA) is 130 Å². The molecular weight excluding hydrogens is 382 g/mol. The maximum absolute atomic E-state index is 12.9. The van der Waals surface area contributed by atoms with E-state index in [-0.39, 0.29) is 29.2 Å². The van der Waals surface area contributed by atoms with Crippen LogP contribution in [0.25, 0.3) is 5.69 Å². The first kappa shape index (κ1) is 19.6. The standard InChI is InChI=1S/C16H16F2N4O6/c1-16(27,14(25)26)12-13(24)20(6-7-28-12)10-4-5-22(19-10)9-2-3-11(23)21(8-9)15(17)18/h2-5,8,12,15,27H,6-7H2,1H3,(H,25,26)/p-1/t12-,16?/m0/s1. The molecule has 1 aliphatic heterocycles. The first-order valence-electron chi connectivity index (χ1n) is 8.06. The molecule has 1 fully saturated rings. The minimum atomic E-state index is -3.03. The number of aliphatic carboxylic acids is 1. The molecule has 1 unspecified atom stereocenters. The highest BCUT2D eigenvalue weighted by Crippen LogP contribution is 2.24. The Balaban J connectivity index is 1.90. The predicted molar refractivity (Wildman–Crippen MR) is 86.8 cm³/mol. The van der Waals surface area contributed by atoms with Crippen LogP contribution in [0.1, 0.15) is 13.5 Å². The van der Waals surface area contributed by atoms with E-state index in [0.717, 1.165) is 24.1 Å². The van der Waals surface area contributed by atoms with E-state index in [1.54, 1.807) is 0 Å². The highest BCUT2D eigenvalue weighted by Gasteiger charge is 2.45. The molecule has 28 heavy (non-hydrogen) atoms. The lowest BCUT2D eigenvalue weighted by atomic mass is 9.97. The molecular formula is C16H15F2N4O6-. The van der Waals surface area contributed by atoms with Crippen molar-refractivity contribution in [1.82, 2.24) is 14.3 Å². The molecule has 2 aromatic rings. The van der Waals surface area contributed by atoms with Crippen LogP contribution in [0.4, 0.5) is 14.6 Å². The Morgan fingerprint density at radius 1 is 1.39 bits per heavy atom. The van der Waals surface area contributed by atoms with E-state index in [4.69, 9.17) is 4.74 Å².